The van der Waals surface area contributed by atoms with Gasteiger partial charge < -0.3 is 18.4 Å². The lowest BCUT2D eigenvalue weighted by Gasteiger charge is -2.45. The second-order valence-corrected chi connectivity index (χ2v) is 7.44. The fourth-order valence-electron chi connectivity index (χ4n) is 1.96. The van der Waals surface area contributed by atoms with Crippen molar-refractivity contribution >= 4 is 14.8 Å². The lowest BCUT2D eigenvalue weighted by atomic mass is 10.1. The van der Waals surface area contributed by atoms with Crippen LogP contribution in [0.2, 0.25) is 5.54 Å². The molecule has 2 bridgehead atoms. The number of carbonyl (C=O) groups is 1. The molecule has 15 heavy (non-hydrogen) atoms. The molecular formula is C9H16O5Si. The summed E-state index contributed by atoms with van der Waals surface area (Å²) in [7, 11) is -2.72. The van der Waals surface area contributed by atoms with Crippen molar-refractivity contribution in [1.82, 2.24) is 0 Å². The second kappa shape index (κ2) is 3.86. The Hall–Kier alpha value is -0.433. The van der Waals surface area contributed by atoms with Crippen LogP contribution in [0.5, 0.6) is 0 Å². The molecule has 0 aromatic rings. The van der Waals surface area contributed by atoms with E-state index in [-0.39, 0.29) is 11.6 Å². The zero-order chi connectivity index (χ0) is 11.1. The zero-order valence-electron chi connectivity index (χ0n) is 8.93. The summed E-state index contributed by atoms with van der Waals surface area (Å²) in [6, 6.07) is 0. The summed E-state index contributed by atoms with van der Waals surface area (Å²) < 4.78 is 17.0. The molecule has 0 aromatic heterocycles. The standard InChI is InChI=1S/C9H16O5Si/c1-6(2)15-12-4-3-7(13-15)5-8(14-15)9(10)11/h6-8H,3-5H2,1-2H3,(H,10,11). The number of aliphatic carboxylic acids is 1. The quantitative estimate of drug-likeness (QED) is 0.720. The SMILES string of the molecule is CC(C)[Si]12OCCC(CC(C(=O)O)O1)O2. The molecule has 0 spiro atoms. The van der Waals surface area contributed by atoms with Crippen molar-refractivity contribution in [1.29, 1.82) is 0 Å². The molecule has 0 saturated carbocycles. The maximum absolute atomic E-state index is 10.9. The molecular weight excluding hydrogens is 216 g/mol. The molecule has 2 rings (SSSR count). The topological polar surface area (TPSA) is 65.0 Å². The van der Waals surface area contributed by atoms with Crippen molar-refractivity contribution in [3.63, 3.8) is 0 Å². The van der Waals surface area contributed by atoms with E-state index in [4.69, 9.17) is 18.4 Å². The molecule has 0 amide bonds. The van der Waals surface area contributed by atoms with Crippen molar-refractivity contribution < 1.29 is 23.2 Å². The van der Waals surface area contributed by atoms with Gasteiger partial charge in [-0.2, -0.15) is 0 Å². The molecule has 2 aliphatic heterocycles. The molecule has 1 N–H and O–H groups in total. The predicted molar refractivity (Wildman–Crippen MR) is 53.4 cm³/mol. The first-order valence-electron chi connectivity index (χ1n) is 5.26. The smallest absolute Gasteiger partial charge is 0.479 e. The highest BCUT2D eigenvalue weighted by Gasteiger charge is 2.55. The normalized spacial score (nSPS) is 40.5. The van der Waals surface area contributed by atoms with Crippen LogP contribution >= 0.6 is 0 Å². The van der Waals surface area contributed by atoms with E-state index in [1.54, 1.807) is 0 Å². The summed E-state index contributed by atoms with van der Waals surface area (Å²) >= 11 is 0. The molecule has 3 unspecified atom stereocenters. The van der Waals surface area contributed by atoms with Gasteiger partial charge in [-0.15, -0.1) is 0 Å². The molecule has 0 aromatic carbocycles. The van der Waals surface area contributed by atoms with Gasteiger partial charge in [-0.05, 0) is 6.42 Å². The van der Waals surface area contributed by atoms with Crippen molar-refractivity contribution in [3.05, 3.63) is 0 Å². The zero-order valence-corrected chi connectivity index (χ0v) is 9.93. The van der Waals surface area contributed by atoms with Crippen molar-refractivity contribution in [2.45, 2.75) is 44.4 Å². The monoisotopic (exact) mass is 232 g/mol. The third-order valence-electron chi connectivity index (χ3n) is 2.84. The molecule has 0 aliphatic carbocycles. The maximum atomic E-state index is 10.9. The number of hydrogen-bond donors (Lipinski definition) is 1. The Morgan fingerprint density at radius 3 is 2.80 bits per heavy atom. The van der Waals surface area contributed by atoms with Crippen LogP contribution in [0.4, 0.5) is 0 Å². The first-order valence-corrected chi connectivity index (χ1v) is 7.06. The third-order valence-corrected chi connectivity index (χ3v) is 6.14. The van der Waals surface area contributed by atoms with Crippen LogP contribution in [0, 0.1) is 0 Å². The maximum Gasteiger partial charge on any atom is 0.504 e. The third kappa shape index (κ3) is 1.94. The molecule has 2 saturated heterocycles. The van der Waals surface area contributed by atoms with E-state index >= 15 is 0 Å². The van der Waals surface area contributed by atoms with E-state index in [1.807, 2.05) is 13.8 Å². The number of fused-ring (bicyclic) bond motifs is 2. The highest BCUT2D eigenvalue weighted by atomic mass is 28.4. The molecule has 3 atom stereocenters. The van der Waals surface area contributed by atoms with E-state index in [1.165, 1.54) is 0 Å². The highest BCUT2D eigenvalue weighted by Crippen LogP contribution is 2.37. The van der Waals surface area contributed by atoms with Gasteiger partial charge in [0, 0.05) is 18.6 Å². The van der Waals surface area contributed by atoms with Crippen LogP contribution in [-0.2, 0) is 18.1 Å². The average Bonchev–Trinajstić information content (AvgIpc) is 2.16. The molecule has 0 radical (unpaired) electrons. The van der Waals surface area contributed by atoms with Crippen LogP contribution in [0.25, 0.3) is 0 Å². The number of rotatable bonds is 2. The average molecular weight is 232 g/mol. The van der Waals surface area contributed by atoms with E-state index in [0.717, 1.165) is 6.42 Å². The van der Waals surface area contributed by atoms with E-state index < -0.39 is 20.9 Å². The Labute approximate surface area is 89.7 Å². The summed E-state index contributed by atoms with van der Waals surface area (Å²) in [5, 5.41) is 8.98. The fourth-order valence-corrected chi connectivity index (χ4v) is 4.70. The second-order valence-electron chi connectivity index (χ2n) is 4.32. The number of carboxylic acid groups (broad SMARTS) is 1. The Balaban J connectivity index is 2.18. The molecule has 5 nitrogen and oxygen atoms in total. The van der Waals surface area contributed by atoms with Gasteiger partial charge in [-0.1, -0.05) is 13.8 Å². The van der Waals surface area contributed by atoms with Gasteiger partial charge in [0.15, 0.2) is 0 Å². The van der Waals surface area contributed by atoms with Crippen LogP contribution in [-0.4, -0.2) is 38.7 Å². The predicted octanol–water partition coefficient (Wildman–Crippen LogP) is 1.01. The van der Waals surface area contributed by atoms with Gasteiger partial charge in [0.25, 0.3) is 0 Å². The first kappa shape index (κ1) is 11.1. The van der Waals surface area contributed by atoms with Gasteiger partial charge in [0.2, 0.25) is 0 Å². The molecule has 6 heteroatoms. The van der Waals surface area contributed by atoms with Crippen LogP contribution in [0.3, 0.4) is 0 Å². The number of hydrogen-bond acceptors (Lipinski definition) is 4. The summed E-state index contributed by atoms with van der Waals surface area (Å²) in [6.07, 6.45) is 0.468. The van der Waals surface area contributed by atoms with Crippen LogP contribution in [0.1, 0.15) is 26.7 Å². The lowest BCUT2D eigenvalue weighted by Crippen LogP contribution is -2.61. The minimum absolute atomic E-state index is 0.00247. The molecule has 2 aliphatic rings. The van der Waals surface area contributed by atoms with Crippen molar-refractivity contribution in [2.24, 2.45) is 0 Å². The Kier molecular flexibility index (Phi) is 2.85. The van der Waals surface area contributed by atoms with E-state index in [2.05, 4.69) is 0 Å². The summed E-state index contributed by atoms with van der Waals surface area (Å²) in [6.45, 7) is 4.54. The first-order chi connectivity index (χ1) is 7.03. The highest BCUT2D eigenvalue weighted by molar-refractivity contribution is 6.62. The van der Waals surface area contributed by atoms with E-state index in [0.29, 0.717) is 13.0 Å². The van der Waals surface area contributed by atoms with Crippen molar-refractivity contribution in [2.75, 3.05) is 6.61 Å². The van der Waals surface area contributed by atoms with Gasteiger partial charge >= 0.3 is 14.8 Å². The van der Waals surface area contributed by atoms with Gasteiger partial charge in [-0.25, -0.2) is 4.79 Å². The molecule has 2 fully saturated rings. The minimum atomic E-state index is -2.72. The Morgan fingerprint density at radius 1 is 1.47 bits per heavy atom. The van der Waals surface area contributed by atoms with Crippen molar-refractivity contribution in [3.8, 4) is 0 Å². The minimum Gasteiger partial charge on any atom is -0.479 e. The summed E-state index contributed by atoms with van der Waals surface area (Å²) in [5.74, 6) is -0.911. The van der Waals surface area contributed by atoms with Crippen LogP contribution in [0.15, 0.2) is 0 Å². The van der Waals surface area contributed by atoms with Crippen LogP contribution < -0.4 is 0 Å². The summed E-state index contributed by atoms with van der Waals surface area (Å²) in [5.41, 5.74) is 0.113. The lowest BCUT2D eigenvalue weighted by molar-refractivity contribution is -0.160. The van der Waals surface area contributed by atoms with Gasteiger partial charge in [0.1, 0.15) is 6.10 Å². The Morgan fingerprint density at radius 2 is 2.20 bits per heavy atom. The van der Waals surface area contributed by atoms with E-state index in [9.17, 15) is 4.79 Å². The number of carboxylic acids is 1. The molecule has 86 valence electrons. The largest absolute Gasteiger partial charge is 0.504 e. The van der Waals surface area contributed by atoms with Gasteiger partial charge in [-0.3, -0.25) is 0 Å². The Bertz CT molecular complexity index is 269. The summed E-state index contributed by atoms with van der Waals surface area (Å²) in [4.78, 5) is 10.9. The van der Waals surface area contributed by atoms with Gasteiger partial charge in [0.05, 0.1) is 6.10 Å². The molecule has 2 heterocycles. The fraction of sp³-hybridized carbons (Fsp3) is 0.889.